The lowest BCUT2D eigenvalue weighted by Gasteiger charge is -2.13. The molecular formula is C9H14N2O3S2. The molecule has 0 bridgehead atoms. The Labute approximate surface area is 99.2 Å². The minimum Gasteiger partial charge on any atom is -0.272 e. The molecule has 2 aliphatic rings. The van der Waals surface area contributed by atoms with Crippen LogP contribution in [0.5, 0.6) is 0 Å². The quantitative estimate of drug-likeness (QED) is 0.714. The molecule has 0 aromatic heterocycles. The van der Waals surface area contributed by atoms with Gasteiger partial charge in [0.05, 0.1) is 23.9 Å². The molecule has 1 amide bonds. The van der Waals surface area contributed by atoms with E-state index in [1.54, 1.807) is 18.7 Å². The third-order valence-corrected chi connectivity index (χ3v) is 5.55. The first-order valence-electron chi connectivity index (χ1n) is 5.20. The van der Waals surface area contributed by atoms with Crippen LogP contribution in [0.3, 0.4) is 0 Å². The van der Waals surface area contributed by atoms with Crippen LogP contribution in [0.4, 0.5) is 0 Å². The molecule has 2 heterocycles. The fraction of sp³-hybridized carbons (Fsp3) is 0.778. The van der Waals surface area contributed by atoms with Crippen molar-refractivity contribution in [3.63, 3.8) is 0 Å². The van der Waals surface area contributed by atoms with E-state index in [9.17, 15) is 13.2 Å². The maximum atomic E-state index is 11.8. The second kappa shape index (κ2) is 4.37. The first-order chi connectivity index (χ1) is 7.53. The van der Waals surface area contributed by atoms with E-state index in [-0.39, 0.29) is 29.9 Å². The minimum atomic E-state index is -3.02. The Morgan fingerprint density at radius 2 is 2.31 bits per heavy atom. The Bertz CT molecular complexity index is 430. The number of carbonyl (C=O) groups excluding carboxylic acids is 1. The number of hydrazone groups is 1. The van der Waals surface area contributed by atoms with Crippen LogP contribution in [-0.4, -0.2) is 54.6 Å². The van der Waals surface area contributed by atoms with Crippen molar-refractivity contribution in [2.24, 2.45) is 11.0 Å². The SMILES string of the molecule is CCS(=O)(=O)CCN1N=C2CSCC2C1=O. The fourth-order valence-electron chi connectivity index (χ4n) is 1.70. The summed E-state index contributed by atoms with van der Waals surface area (Å²) in [6, 6.07) is 0. The van der Waals surface area contributed by atoms with Crippen LogP contribution in [0.25, 0.3) is 0 Å². The normalized spacial score (nSPS) is 24.8. The third-order valence-electron chi connectivity index (χ3n) is 2.79. The summed E-state index contributed by atoms with van der Waals surface area (Å²) < 4.78 is 22.6. The van der Waals surface area contributed by atoms with E-state index in [1.165, 1.54) is 5.01 Å². The topological polar surface area (TPSA) is 66.8 Å². The molecule has 1 atom stereocenters. The van der Waals surface area contributed by atoms with E-state index in [1.807, 2.05) is 0 Å². The maximum absolute atomic E-state index is 11.8. The zero-order valence-corrected chi connectivity index (χ0v) is 10.7. The van der Waals surface area contributed by atoms with Crippen molar-refractivity contribution in [2.75, 3.05) is 29.6 Å². The van der Waals surface area contributed by atoms with Gasteiger partial charge in [0.2, 0.25) is 0 Å². The van der Waals surface area contributed by atoms with Crippen molar-refractivity contribution in [2.45, 2.75) is 6.92 Å². The van der Waals surface area contributed by atoms with Gasteiger partial charge in [-0.1, -0.05) is 6.92 Å². The van der Waals surface area contributed by atoms with Crippen LogP contribution in [0, 0.1) is 5.92 Å². The van der Waals surface area contributed by atoms with E-state index in [0.717, 1.165) is 17.2 Å². The predicted octanol–water partition coefficient (Wildman–Crippen LogP) is -0.0177. The van der Waals surface area contributed by atoms with Gasteiger partial charge in [0, 0.05) is 17.3 Å². The van der Waals surface area contributed by atoms with E-state index in [4.69, 9.17) is 0 Å². The van der Waals surface area contributed by atoms with Gasteiger partial charge in [-0.05, 0) is 0 Å². The van der Waals surface area contributed by atoms with Crippen LogP contribution in [0.1, 0.15) is 6.92 Å². The summed E-state index contributed by atoms with van der Waals surface area (Å²) in [7, 11) is -3.02. The summed E-state index contributed by atoms with van der Waals surface area (Å²) in [5.41, 5.74) is 0.906. The molecule has 5 nitrogen and oxygen atoms in total. The molecule has 0 spiro atoms. The number of thioether (sulfide) groups is 1. The standard InChI is InChI=1S/C9H14N2O3S2/c1-2-16(13,14)4-3-11-9(12)7-5-15-6-8(7)10-11/h7H,2-6H2,1H3. The smallest absolute Gasteiger partial charge is 0.252 e. The van der Waals surface area contributed by atoms with Gasteiger partial charge in [-0.25, -0.2) is 13.4 Å². The second-order valence-electron chi connectivity index (χ2n) is 3.86. The van der Waals surface area contributed by atoms with Gasteiger partial charge < -0.3 is 0 Å². The number of hydrogen-bond donors (Lipinski definition) is 0. The molecule has 0 saturated carbocycles. The molecule has 90 valence electrons. The van der Waals surface area contributed by atoms with Crippen molar-refractivity contribution >= 4 is 33.2 Å². The van der Waals surface area contributed by atoms with Crippen molar-refractivity contribution in [1.29, 1.82) is 0 Å². The third kappa shape index (κ3) is 2.24. The van der Waals surface area contributed by atoms with Gasteiger partial charge in [0.25, 0.3) is 5.91 Å². The summed E-state index contributed by atoms with van der Waals surface area (Å²) in [4.78, 5) is 11.8. The van der Waals surface area contributed by atoms with Gasteiger partial charge in [-0.2, -0.15) is 16.9 Å². The Kier molecular flexibility index (Phi) is 3.25. The van der Waals surface area contributed by atoms with E-state index >= 15 is 0 Å². The first kappa shape index (κ1) is 11.9. The number of sulfone groups is 1. The molecule has 1 unspecified atom stereocenters. The summed E-state index contributed by atoms with van der Waals surface area (Å²) in [6.45, 7) is 1.80. The lowest BCUT2D eigenvalue weighted by Crippen LogP contribution is -2.31. The molecule has 0 N–H and O–H groups in total. The lowest BCUT2D eigenvalue weighted by atomic mass is 10.1. The van der Waals surface area contributed by atoms with Crippen LogP contribution in [0.2, 0.25) is 0 Å². The highest BCUT2D eigenvalue weighted by molar-refractivity contribution is 8.00. The highest BCUT2D eigenvalue weighted by atomic mass is 32.2. The highest BCUT2D eigenvalue weighted by Crippen LogP contribution is 2.28. The largest absolute Gasteiger partial charge is 0.272 e. The van der Waals surface area contributed by atoms with Crippen LogP contribution in [0.15, 0.2) is 5.10 Å². The highest BCUT2D eigenvalue weighted by Gasteiger charge is 2.39. The van der Waals surface area contributed by atoms with Gasteiger partial charge in [0.1, 0.15) is 0 Å². The fourth-order valence-corrected chi connectivity index (χ4v) is 3.60. The first-order valence-corrected chi connectivity index (χ1v) is 8.18. The summed E-state index contributed by atoms with van der Waals surface area (Å²) in [5, 5.41) is 5.51. The van der Waals surface area contributed by atoms with Crippen molar-refractivity contribution < 1.29 is 13.2 Å². The Hall–Kier alpha value is -0.560. The number of fused-ring (bicyclic) bond motifs is 1. The average molecular weight is 262 g/mol. The molecule has 0 aromatic carbocycles. The van der Waals surface area contributed by atoms with Crippen LogP contribution in [-0.2, 0) is 14.6 Å². The number of nitrogens with zero attached hydrogens (tertiary/aromatic N) is 2. The van der Waals surface area contributed by atoms with Crippen molar-refractivity contribution in [3.05, 3.63) is 0 Å². The molecule has 0 aromatic rings. The molecule has 2 rings (SSSR count). The van der Waals surface area contributed by atoms with Crippen LogP contribution < -0.4 is 0 Å². The Morgan fingerprint density at radius 1 is 1.56 bits per heavy atom. The Balaban J connectivity index is 1.98. The van der Waals surface area contributed by atoms with Gasteiger partial charge in [-0.3, -0.25) is 4.79 Å². The van der Waals surface area contributed by atoms with Gasteiger partial charge in [-0.15, -0.1) is 0 Å². The zero-order valence-electron chi connectivity index (χ0n) is 9.05. The number of amides is 1. The zero-order chi connectivity index (χ0) is 11.8. The maximum Gasteiger partial charge on any atom is 0.252 e. The summed E-state index contributed by atoms with van der Waals surface area (Å²) in [6.07, 6.45) is 0. The van der Waals surface area contributed by atoms with Gasteiger partial charge >= 0.3 is 0 Å². The molecule has 1 fully saturated rings. The molecule has 1 saturated heterocycles. The molecule has 7 heteroatoms. The van der Waals surface area contributed by atoms with E-state index < -0.39 is 9.84 Å². The monoisotopic (exact) mass is 262 g/mol. The summed E-state index contributed by atoms with van der Waals surface area (Å²) in [5.74, 6) is 1.58. The van der Waals surface area contributed by atoms with E-state index in [2.05, 4.69) is 5.10 Å². The lowest BCUT2D eigenvalue weighted by molar-refractivity contribution is -0.130. The van der Waals surface area contributed by atoms with Crippen molar-refractivity contribution in [1.82, 2.24) is 5.01 Å². The van der Waals surface area contributed by atoms with Gasteiger partial charge in [0.15, 0.2) is 9.84 Å². The molecule has 0 aliphatic carbocycles. The number of carbonyl (C=O) groups is 1. The van der Waals surface area contributed by atoms with E-state index in [0.29, 0.717) is 0 Å². The van der Waals surface area contributed by atoms with Crippen molar-refractivity contribution in [3.8, 4) is 0 Å². The Morgan fingerprint density at radius 3 is 2.94 bits per heavy atom. The average Bonchev–Trinajstić information content (AvgIpc) is 2.80. The van der Waals surface area contributed by atoms with Crippen LogP contribution >= 0.6 is 11.8 Å². The number of hydrogen-bond acceptors (Lipinski definition) is 5. The summed E-state index contributed by atoms with van der Waals surface area (Å²) >= 11 is 1.70. The molecular weight excluding hydrogens is 248 g/mol. The molecule has 16 heavy (non-hydrogen) atoms. The molecule has 0 radical (unpaired) electrons. The predicted molar refractivity (Wildman–Crippen MR) is 64.3 cm³/mol. The number of rotatable bonds is 4. The second-order valence-corrected chi connectivity index (χ2v) is 7.36. The minimum absolute atomic E-state index is 0.00584. The molecule has 2 aliphatic heterocycles.